The number of para-hydroxylation sites is 1. The number of nitrogens with one attached hydrogen (secondary N) is 1. The Balaban J connectivity index is 1.92. The maximum absolute atomic E-state index is 13.0. The van der Waals surface area contributed by atoms with Crippen molar-refractivity contribution in [1.82, 2.24) is 4.31 Å². The molecule has 168 valence electrons. The number of benzene rings is 3. The van der Waals surface area contributed by atoms with Crippen molar-refractivity contribution < 1.29 is 8.42 Å². The Bertz CT molecular complexity index is 1150. The second-order valence-electron chi connectivity index (χ2n) is 7.40. The fraction of sp³-hybridized carbons (Fsp3) is 0.240. The van der Waals surface area contributed by atoms with Gasteiger partial charge < -0.3 is 10.2 Å². The van der Waals surface area contributed by atoms with Crippen molar-refractivity contribution in [3.63, 3.8) is 0 Å². The normalized spacial score (nSPS) is 11.4. The highest BCUT2D eigenvalue weighted by Gasteiger charge is 2.23. The van der Waals surface area contributed by atoms with Crippen LogP contribution in [0.25, 0.3) is 0 Å². The van der Waals surface area contributed by atoms with Crippen LogP contribution in [-0.2, 0) is 16.6 Å². The van der Waals surface area contributed by atoms with Crippen LogP contribution >= 0.6 is 12.2 Å². The highest BCUT2D eigenvalue weighted by molar-refractivity contribution is 7.89. The standard InChI is InChI=1S/C25H29N3O2S2/c1-4-27(5-2)32(29,30)23-17-16-20(3)24(18-23)26-25(31)28(22-14-10-7-11-15-22)19-21-12-8-6-9-13-21/h6-18H,4-5,19H2,1-3H3,(H,26,31). The van der Waals surface area contributed by atoms with E-state index in [9.17, 15) is 8.42 Å². The molecule has 1 N–H and O–H groups in total. The highest BCUT2D eigenvalue weighted by Crippen LogP contribution is 2.25. The van der Waals surface area contributed by atoms with Crippen LogP contribution in [0.1, 0.15) is 25.0 Å². The van der Waals surface area contributed by atoms with E-state index in [0.717, 1.165) is 16.8 Å². The van der Waals surface area contributed by atoms with E-state index in [1.54, 1.807) is 12.1 Å². The largest absolute Gasteiger partial charge is 0.332 e. The van der Waals surface area contributed by atoms with Crippen molar-refractivity contribution in [3.05, 3.63) is 90.0 Å². The second kappa shape index (κ2) is 10.7. The van der Waals surface area contributed by atoms with Gasteiger partial charge in [0.25, 0.3) is 0 Å². The predicted octanol–water partition coefficient (Wildman–Crippen LogP) is 5.43. The van der Waals surface area contributed by atoms with Crippen LogP contribution in [0.2, 0.25) is 0 Å². The van der Waals surface area contributed by atoms with Crippen molar-refractivity contribution in [2.45, 2.75) is 32.2 Å². The summed E-state index contributed by atoms with van der Waals surface area (Å²) >= 11 is 5.79. The quantitative estimate of drug-likeness (QED) is 0.448. The molecule has 0 bridgehead atoms. The molecule has 7 heteroatoms. The summed E-state index contributed by atoms with van der Waals surface area (Å²) < 4.78 is 27.4. The van der Waals surface area contributed by atoms with Gasteiger partial charge in [0.05, 0.1) is 11.4 Å². The monoisotopic (exact) mass is 467 g/mol. The van der Waals surface area contributed by atoms with E-state index in [2.05, 4.69) is 17.4 Å². The minimum absolute atomic E-state index is 0.256. The zero-order valence-electron chi connectivity index (χ0n) is 18.7. The molecule has 3 aromatic rings. The molecule has 0 aliphatic carbocycles. The van der Waals surface area contributed by atoms with Crippen LogP contribution in [0.15, 0.2) is 83.8 Å². The lowest BCUT2D eigenvalue weighted by Gasteiger charge is -2.27. The summed E-state index contributed by atoms with van der Waals surface area (Å²) in [6.07, 6.45) is 0. The van der Waals surface area contributed by atoms with E-state index < -0.39 is 10.0 Å². The van der Waals surface area contributed by atoms with Crippen molar-refractivity contribution in [3.8, 4) is 0 Å². The first-order valence-corrected chi connectivity index (χ1v) is 12.5. The van der Waals surface area contributed by atoms with Gasteiger partial charge >= 0.3 is 0 Å². The van der Waals surface area contributed by atoms with Gasteiger partial charge in [-0.1, -0.05) is 68.4 Å². The van der Waals surface area contributed by atoms with E-state index in [1.807, 2.05) is 80.3 Å². The molecule has 5 nitrogen and oxygen atoms in total. The molecule has 0 unspecified atom stereocenters. The molecule has 0 spiro atoms. The summed E-state index contributed by atoms with van der Waals surface area (Å²) in [5.41, 5.74) is 3.67. The molecule has 0 aromatic heterocycles. The van der Waals surface area contributed by atoms with Gasteiger partial charge in [-0.25, -0.2) is 8.42 Å². The number of anilines is 2. The molecule has 3 aromatic carbocycles. The van der Waals surface area contributed by atoms with Gasteiger partial charge in [0.2, 0.25) is 10.0 Å². The summed E-state index contributed by atoms with van der Waals surface area (Å²) in [6.45, 7) is 7.05. The van der Waals surface area contributed by atoms with E-state index >= 15 is 0 Å². The second-order valence-corrected chi connectivity index (χ2v) is 9.73. The van der Waals surface area contributed by atoms with E-state index in [4.69, 9.17) is 12.2 Å². The molecular formula is C25H29N3O2S2. The molecule has 0 atom stereocenters. The molecule has 0 saturated heterocycles. The molecule has 0 saturated carbocycles. The SMILES string of the molecule is CCN(CC)S(=O)(=O)c1ccc(C)c(NC(=S)N(Cc2ccccc2)c2ccccc2)c1. The summed E-state index contributed by atoms with van der Waals surface area (Å²) in [5, 5.41) is 3.79. The number of sulfonamides is 1. The molecule has 0 fully saturated rings. The molecule has 3 rings (SSSR count). The summed E-state index contributed by atoms with van der Waals surface area (Å²) in [5.74, 6) is 0. The average molecular weight is 468 g/mol. The zero-order valence-corrected chi connectivity index (χ0v) is 20.3. The zero-order chi connectivity index (χ0) is 23.1. The summed E-state index contributed by atoms with van der Waals surface area (Å²) in [7, 11) is -3.56. The Hall–Kier alpha value is -2.74. The predicted molar refractivity (Wildman–Crippen MR) is 137 cm³/mol. The van der Waals surface area contributed by atoms with Gasteiger partial charge in [-0.15, -0.1) is 0 Å². The third-order valence-corrected chi connectivity index (χ3v) is 7.66. The fourth-order valence-electron chi connectivity index (χ4n) is 3.45. The summed E-state index contributed by atoms with van der Waals surface area (Å²) in [6, 6.07) is 25.1. The highest BCUT2D eigenvalue weighted by atomic mass is 32.2. The van der Waals surface area contributed by atoms with E-state index in [0.29, 0.717) is 30.4 Å². The lowest BCUT2D eigenvalue weighted by atomic mass is 10.2. The van der Waals surface area contributed by atoms with Crippen LogP contribution in [0.5, 0.6) is 0 Å². The summed E-state index contributed by atoms with van der Waals surface area (Å²) in [4.78, 5) is 2.27. The van der Waals surface area contributed by atoms with Crippen LogP contribution in [-0.4, -0.2) is 30.9 Å². The molecule has 32 heavy (non-hydrogen) atoms. The van der Waals surface area contributed by atoms with Crippen LogP contribution in [0.3, 0.4) is 0 Å². The Morgan fingerprint density at radius 3 is 2.09 bits per heavy atom. The van der Waals surface area contributed by atoms with E-state index in [-0.39, 0.29) is 4.90 Å². The molecule has 0 aliphatic rings. The number of hydrogen-bond acceptors (Lipinski definition) is 3. The number of hydrogen-bond donors (Lipinski definition) is 1. The third kappa shape index (κ3) is 5.54. The van der Waals surface area contributed by atoms with Gasteiger partial charge in [-0.3, -0.25) is 0 Å². The molecule has 0 heterocycles. The maximum Gasteiger partial charge on any atom is 0.243 e. The van der Waals surface area contributed by atoms with Crippen molar-refractivity contribution >= 4 is 38.7 Å². The lowest BCUT2D eigenvalue weighted by Crippen LogP contribution is -2.34. The Labute approximate surface area is 196 Å². The topological polar surface area (TPSA) is 52.7 Å². The lowest BCUT2D eigenvalue weighted by molar-refractivity contribution is 0.445. The molecule has 0 aliphatic heterocycles. The average Bonchev–Trinajstić information content (AvgIpc) is 2.80. The maximum atomic E-state index is 13.0. The first-order valence-electron chi connectivity index (χ1n) is 10.6. The van der Waals surface area contributed by atoms with Crippen LogP contribution in [0.4, 0.5) is 11.4 Å². The number of thiocarbonyl (C=S) groups is 1. The van der Waals surface area contributed by atoms with Gasteiger partial charge in [-0.05, 0) is 54.5 Å². The van der Waals surface area contributed by atoms with Crippen molar-refractivity contribution in [2.75, 3.05) is 23.3 Å². The Morgan fingerprint density at radius 1 is 0.906 bits per heavy atom. The minimum Gasteiger partial charge on any atom is -0.332 e. The smallest absolute Gasteiger partial charge is 0.243 e. The third-order valence-electron chi connectivity index (χ3n) is 5.29. The minimum atomic E-state index is -3.56. The Kier molecular flexibility index (Phi) is 8.01. The number of aryl methyl sites for hydroxylation is 1. The van der Waals surface area contributed by atoms with Crippen molar-refractivity contribution in [2.24, 2.45) is 0 Å². The van der Waals surface area contributed by atoms with Gasteiger partial charge in [0, 0.05) is 24.5 Å². The molecular weight excluding hydrogens is 438 g/mol. The number of rotatable bonds is 8. The first-order chi connectivity index (χ1) is 15.4. The van der Waals surface area contributed by atoms with Crippen molar-refractivity contribution in [1.29, 1.82) is 0 Å². The van der Waals surface area contributed by atoms with Gasteiger partial charge in [-0.2, -0.15) is 4.31 Å². The molecule has 0 amide bonds. The Morgan fingerprint density at radius 2 is 1.50 bits per heavy atom. The fourth-order valence-corrected chi connectivity index (χ4v) is 5.21. The van der Waals surface area contributed by atoms with Crippen LogP contribution in [0, 0.1) is 6.92 Å². The number of nitrogens with zero attached hydrogens (tertiary/aromatic N) is 2. The van der Waals surface area contributed by atoms with Crippen LogP contribution < -0.4 is 10.2 Å². The molecule has 0 radical (unpaired) electrons. The van der Waals surface area contributed by atoms with E-state index in [1.165, 1.54) is 4.31 Å². The van der Waals surface area contributed by atoms with Gasteiger partial charge in [0.1, 0.15) is 0 Å². The first kappa shape index (κ1) is 23.9. The van der Waals surface area contributed by atoms with Gasteiger partial charge in [0.15, 0.2) is 5.11 Å².